The molecule has 0 aliphatic heterocycles. The lowest BCUT2D eigenvalue weighted by molar-refractivity contribution is -0.122. The second-order valence-electron chi connectivity index (χ2n) is 5.40. The molecule has 5 heteroatoms. The molecule has 0 aliphatic rings. The van der Waals surface area contributed by atoms with E-state index in [4.69, 9.17) is 11.6 Å². The van der Waals surface area contributed by atoms with E-state index in [-0.39, 0.29) is 17.3 Å². The highest BCUT2D eigenvalue weighted by atomic mass is 35.5. The maximum atomic E-state index is 12.2. The lowest BCUT2D eigenvalue weighted by Crippen LogP contribution is -2.29. The van der Waals surface area contributed by atoms with Crippen LogP contribution in [0.15, 0.2) is 35.3 Å². The third kappa shape index (κ3) is 3.57. The standard InChI is InChI=1S/C17H19ClN2O2/c1-10-8-19-15(12(3)16(10)21)9-20-17(22)11(2)13-4-6-14(18)7-5-13/h4-8,11H,9H2,1-3H3,(H,19,21)(H,20,22). The monoisotopic (exact) mass is 318 g/mol. The SMILES string of the molecule is Cc1c[nH]c(CNC(=O)C(C)c2ccc(Cl)cc2)c(C)c1=O. The van der Waals surface area contributed by atoms with Crippen molar-refractivity contribution in [1.29, 1.82) is 0 Å². The van der Waals surface area contributed by atoms with Gasteiger partial charge in [-0.25, -0.2) is 0 Å². The molecule has 116 valence electrons. The molecule has 1 aromatic carbocycles. The van der Waals surface area contributed by atoms with E-state index in [1.807, 2.05) is 19.1 Å². The minimum absolute atomic E-state index is 0.00810. The van der Waals surface area contributed by atoms with E-state index in [2.05, 4.69) is 10.3 Å². The van der Waals surface area contributed by atoms with Crippen LogP contribution in [-0.2, 0) is 11.3 Å². The van der Waals surface area contributed by atoms with Crippen LogP contribution in [0.5, 0.6) is 0 Å². The Balaban J connectivity index is 2.05. The Hall–Kier alpha value is -2.07. The second kappa shape index (κ2) is 6.79. The Bertz CT molecular complexity index is 735. The van der Waals surface area contributed by atoms with Crippen LogP contribution in [0.1, 0.15) is 35.2 Å². The van der Waals surface area contributed by atoms with Gasteiger partial charge in [-0.1, -0.05) is 23.7 Å². The molecule has 1 amide bonds. The predicted octanol–water partition coefficient (Wildman–Crippen LogP) is 3.07. The summed E-state index contributed by atoms with van der Waals surface area (Å²) in [5.74, 6) is -0.377. The van der Waals surface area contributed by atoms with Gasteiger partial charge in [0.1, 0.15) is 0 Å². The van der Waals surface area contributed by atoms with Crippen molar-refractivity contribution in [1.82, 2.24) is 10.3 Å². The van der Waals surface area contributed by atoms with Crippen LogP contribution in [0.2, 0.25) is 5.02 Å². The molecule has 2 N–H and O–H groups in total. The fourth-order valence-corrected chi connectivity index (χ4v) is 2.34. The van der Waals surface area contributed by atoms with Crippen LogP contribution in [0, 0.1) is 13.8 Å². The van der Waals surface area contributed by atoms with Gasteiger partial charge in [-0.15, -0.1) is 0 Å². The zero-order chi connectivity index (χ0) is 16.3. The number of hydrogen-bond acceptors (Lipinski definition) is 2. The number of amides is 1. The van der Waals surface area contributed by atoms with E-state index in [0.717, 1.165) is 11.3 Å². The molecule has 0 radical (unpaired) electrons. The highest BCUT2D eigenvalue weighted by Crippen LogP contribution is 2.18. The number of aromatic amines is 1. The number of aryl methyl sites for hydroxylation is 1. The van der Waals surface area contributed by atoms with Crippen molar-refractivity contribution in [3.05, 3.63) is 68.1 Å². The van der Waals surface area contributed by atoms with Gasteiger partial charge in [-0.3, -0.25) is 9.59 Å². The molecule has 0 saturated carbocycles. The second-order valence-corrected chi connectivity index (χ2v) is 5.83. The Morgan fingerprint density at radius 2 is 1.91 bits per heavy atom. The van der Waals surface area contributed by atoms with Gasteiger partial charge in [-0.05, 0) is 38.5 Å². The van der Waals surface area contributed by atoms with Gasteiger partial charge in [0.2, 0.25) is 5.91 Å². The van der Waals surface area contributed by atoms with E-state index in [0.29, 0.717) is 22.7 Å². The quantitative estimate of drug-likeness (QED) is 0.910. The fourth-order valence-electron chi connectivity index (χ4n) is 2.22. The van der Waals surface area contributed by atoms with Gasteiger partial charge in [0.15, 0.2) is 5.43 Å². The average molecular weight is 319 g/mol. The summed E-state index contributed by atoms with van der Waals surface area (Å²) in [4.78, 5) is 27.2. The third-order valence-electron chi connectivity index (χ3n) is 3.82. The Labute approximate surface area is 134 Å². The number of carbonyl (C=O) groups is 1. The van der Waals surface area contributed by atoms with Crippen molar-refractivity contribution >= 4 is 17.5 Å². The summed E-state index contributed by atoms with van der Waals surface area (Å²) in [6, 6.07) is 7.21. The van der Waals surface area contributed by atoms with Gasteiger partial charge in [-0.2, -0.15) is 0 Å². The highest BCUT2D eigenvalue weighted by molar-refractivity contribution is 6.30. The summed E-state index contributed by atoms with van der Waals surface area (Å²) in [5, 5.41) is 3.50. The van der Waals surface area contributed by atoms with E-state index >= 15 is 0 Å². The van der Waals surface area contributed by atoms with Crippen molar-refractivity contribution < 1.29 is 4.79 Å². The first kappa shape index (κ1) is 16.3. The molecule has 1 unspecified atom stereocenters. The van der Waals surface area contributed by atoms with Gasteiger partial charge >= 0.3 is 0 Å². The molecule has 4 nitrogen and oxygen atoms in total. The number of hydrogen-bond donors (Lipinski definition) is 2. The Kier molecular flexibility index (Phi) is 5.03. The van der Waals surface area contributed by atoms with E-state index in [1.165, 1.54) is 0 Å². The Morgan fingerprint density at radius 1 is 1.27 bits per heavy atom. The minimum Gasteiger partial charge on any atom is -0.363 e. The van der Waals surface area contributed by atoms with Crippen LogP contribution in [0.3, 0.4) is 0 Å². The van der Waals surface area contributed by atoms with Crippen LogP contribution in [0.4, 0.5) is 0 Å². The van der Waals surface area contributed by atoms with Crippen molar-refractivity contribution in [2.45, 2.75) is 33.2 Å². The number of nitrogens with one attached hydrogen (secondary N) is 2. The van der Waals surface area contributed by atoms with Crippen LogP contribution >= 0.6 is 11.6 Å². The van der Waals surface area contributed by atoms with Gasteiger partial charge in [0.05, 0.1) is 12.5 Å². The molecule has 0 fully saturated rings. The number of rotatable bonds is 4. The summed E-state index contributed by atoms with van der Waals surface area (Å²) in [5.41, 5.74) is 2.94. The Morgan fingerprint density at radius 3 is 2.55 bits per heavy atom. The summed E-state index contributed by atoms with van der Waals surface area (Å²) >= 11 is 5.85. The molecular weight excluding hydrogens is 300 g/mol. The minimum atomic E-state index is -0.283. The lowest BCUT2D eigenvalue weighted by Gasteiger charge is -2.13. The molecule has 2 aromatic rings. The first-order chi connectivity index (χ1) is 10.4. The number of carbonyl (C=O) groups excluding carboxylic acids is 1. The predicted molar refractivity (Wildman–Crippen MR) is 88.3 cm³/mol. The van der Waals surface area contributed by atoms with Crippen LogP contribution in [0.25, 0.3) is 0 Å². The maximum Gasteiger partial charge on any atom is 0.227 e. The number of H-pyrrole nitrogens is 1. The number of benzene rings is 1. The fraction of sp³-hybridized carbons (Fsp3) is 0.294. The maximum absolute atomic E-state index is 12.2. The summed E-state index contributed by atoms with van der Waals surface area (Å²) in [7, 11) is 0. The number of aromatic nitrogens is 1. The van der Waals surface area contributed by atoms with Crippen LogP contribution in [-0.4, -0.2) is 10.9 Å². The molecule has 0 bridgehead atoms. The smallest absolute Gasteiger partial charge is 0.227 e. The van der Waals surface area contributed by atoms with Gasteiger partial charge in [0, 0.05) is 28.0 Å². The van der Waals surface area contributed by atoms with Crippen molar-refractivity contribution in [3.63, 3.8) is 0 Å². The van der Waals surface area contributed by atoms with E-state index < -0.39 is 0 Å². The van der Waals surface area contributed by atoms with Crippen molar-refractivity contribution in [2.24, 2.45) is 0 Å². The summed E-state index contributed by atoms with van der Waals surface area (Å²) in [6.07, 6.45) is 1.67. The molecule has 2 rings (SSSR count). The number of halogens is 1. The van der Waals surface area contributed by atoms with Gasteiger partial charge < -0.3 is 10.3 Å². The third-order valence-corrected chi connectivity index (χ3v) is 4.07. The zero-order valence-electron chi connectivity index (χ0n) is 12.9. The first-order valence-electron chi connectivity index (χ1n) is 7.11. The topological polar surface area (TPSA) is 62.0 Å². The lowest BCUT2D eigenvalue weighted by atomic mass is 10.0. The first-order valence-corrected chi connectivity index (χ1v) is 7.49. The molecule has 1 heterocycles. The average Bonchev–Trinajstić information content (AvgIpc) is 2.51. The molecule has 0 spiro atoms. The summed E-state index contributed by atoms with van der Waals surface area (Å²) in [6.45, 7) is 5.66. The molecule has 0 saturated heterocycles. The molecule has 0 aliphatic carbocycles. The molecule has 22 heavy (non-hydrogen) atoms. The van der Waals surface area contributed by atoms with E-state index in [1.54, 1.807) is 32.2 Å². The largest absolute Gasteiger partial charge is 0.363 e. The normalized spacial score (nSPS) is 12.0. The zero-order valence-corrected chi connectivity index (χ0v) is 13.6. The molecule has 1 aromatic heterocycles. The summed E-state index contributed by atoms with van der Waals surface area (Å²) < 4.78 is 0. The molecule has 1 atom stereocenters. The van der Waals surface area contributed by atoms with Gasteiger partial charge in [0.25, 0.3) is 0 Å². The molecular formula is C17H19ClN2O2. The highest BCUT2D eigenvalue weighted by Gasteiger charge is 2.15. The van der Waals surface area contributed by atoms with Crippen LogP contribution < -0.4 is 10.7 Å². The van der Waals surface area contributed by atoms with Crippen molar-refractivity contribution in [2.75, 3.05) is 0 Å². The van der Waals surface area contributed by atoms with E-state index in [9.17, 15) is 9.59 Å². The van der Waals surface area contributed by atoms with Crippen molar-refractivity contribution in [3.8, 4) is 0 Å². The number of pyridine rings is 1.